The Kier molecular flexibility index (Phi) is 6.42. The fraction of sp³-hybridized carbons (Fsp3) is 0.0500. The summed E-state index contributed by atoms with van der Waals surface area (Å²) in [6, 6.07) is 15.8. The topological polar surface area (TPSA) is 134 Å². The summed E-state index contributed by atoms with van der Waals surface area (Å²) in [4.78, 5) is 10.1. The summed E-state index contributed by atoms with van der Waals surface area (Å²) >= 11 is 5.82. The van der Waals surface area contributed by atoms with E-state index in [1.807, 2.05) is 0 Å². The first-order valence-corrected chi connectivity index (χ1v) is 10.7. The van der Waals surface area contributed by atoms with E-state index in [2.05, 4.69) is 15.2 Å². The number of non-ortho nitro benzene ring substituents is 1. The highest BCUT2D eigenvalue weighted by molar-refractivity contribution is 7.92. The van der Waals surface area contributed by atoms with Gasteiger partial charge in [-0.3, -0.25) is 20.3 Å². The highest BCUT2D eigenvalue weighted by atomic mass is 35.5. The number of hydrogen-bond acceptors (Lipinski definition) is 7. The van der Waals surface area contributed by atoms with Crippen LogP contribution < -0.4 is 10.1 Å². The monoisotopic (exact) mass is 460 g/mol. The molecule has 9 nitrogen and oxygen atoms in total. The standard InChI is InChI=1S/C20H17ClN4O5S/c1-13(17-4-2-3-5-19(17)26)22-23-18-11-10-16(25(27)28)12-20(18)31(29,30)24-15-8-6-14(21)7-9-15/h2-12,23-24,26H,1H3/b22-13-. The van der Waals surface area contributed by atoms with Crippen LogP contribution in [0.3, 0.4) is 0 Å². The number of para-hydroxylation sites is 1. The van der Waals surface area contributed by atoms with Gasteiger partial charge in [0.25, 0.3) is 15.7 Å². The molecule has 0 radical (unpaired) electrons. The number of nitrogens with zero attached hydrogens (tertiary/aromatic N) is 2. The number of nitro benzene ring substituents is 1. The number of aromatic hydroxyl groups is 1. The number of halogens is 1. The van der Waals surface area contributed by atoms with Crippen LogP contribution in [0.15, 0.2) is 76.7 Å². The lowest BCUT2D eigenvalue weighted by atomic mass is 10.1. The maximum absolute atomic E-state index is 13.0. The van der Waals surface area contributed by atoms with Gasteiger partial charge < -0.3 is 5.11 Å². The number of sulfonamides is 1. The molecule has 11 heteroatoms. The minimum absolute atomic E-state index is 0.00602. The van der Waals surface area contributed by atoms with Gasteiger partial charge in [0.2, 0.25) is 0 Å². The Morgan fingerprint density at radius 2 is 1.77 bits per heavy atom. The van der Waals surface area contributed by atoms with Crippen molar-refractivity contribution < 1.29 is 18.4 Å². The van der Waals surface area contributed by atoms with Gasteiger partial charge in [0.05, 0.1) is 16.3 Å². The van der Waals surface area contributed by atoms with E-state index in [0.29, 0.717) is 16.3 Å². The molecule has 0 aliphatic rings. The number of benzene rings is 3. The van der Waals surface area contributed by atoms with Crippen LogP contribution in [0.25, 0.3) is 0 Å². The fourth-order valence-corrected chi connectivity index (χ4v) is 4.01. The molecule has 0 saturated heterocycles. The number of hydrogen-bond donors (Lipinski definition) is 3. The number of anilines is 2. The number of nitro groups is 1. The SMILES string of the molecule is C/C(=N/Nc1ccc([N+](=O)[O-])cc1S(=O)(=O)Nc1ccc(Cl)cc1)c1ccccc1O. The van der Waals surface area contributed by atoms with E-state index in [4.69, 9.17) is 11.6 Å². The normalized spacial score (nSPS) is 11.7. The zero-order chi connectivity index (χ0) is 22.6. The quantitative estimate of drug-likeness (QED) is 0.268. The van der Waals surface area contributed by atoms with Crippen LogP contribution in [0, 0.1) is 10.1 Å². The molecule has 0 aromatic heterocycles. The number of phenols is 1. The van der Waals surface area contributed by atoms with Gasteiger partial charge in [-0.2, -0.15) is 5.10 Å². The van der Waals surface area contributed by atoms with Crippen LogP contribution in [0.5, 0.6) is 5.75 Å². The van der Waals surface area contributed by atoms with Gasteiger partial charge in [0.1, 0.15) is 10.6 Å². The van der Waals surface area contributed by atoms with Crippen molar-refractivity contribution in [3.63, 3.8) is 0 Å². The Labute approximate surface area is 183 Å². The Bertz CT molecular complexity index is 1260. The first-order valence-electron chi connectivity index (χ1n) is 8.83. The predicted octanol–water partition coefficient (Wildman–Crippen LogP) is 4.59. The van der Waals surface area contributed by atoms with Gasteiger partial charge in [-0.15, -0.1) is 0 Å². The second-order valence-corrected chi connectivity index (χ2v) is 8.46. The number of hydrazone groups is 1. The lowest BCUT2D eigenvalue weighted by molar-refractivity contribution is -0.385. The third-order valence-electron chi connectivity index (χ3n) is 4.20. The van der Waals surface area contributed by atoms with E-state index in [9.17, 15) is 23.6 Å². The average molecular weight is 461 g/mol. The third-order valence-corrected chi connectivity index (χ3v) is 5.87. The molecule has 3 rings (SSSR count). The van der Waals surface area contributed by atoms with Crippen molar-refractivity contribution in [1.29, 1.82) is 0 Å². The zero-order valence-electron chi connectivity index (χ0n) is 16.1. The number of nitrogens with one attached hydrogen (secondary N) is 2. The third kappa shape index (κ3) is 5.30. The molecule has 0 unspecified atom stereocenters. The van der Waals surface area contributed by atoms with Gasteiger partial charge in [-0.05, 0) is 49.4 Å². The average Bonchev–Trinajstić information content (AvgIpc) is 2.73. The smallest absolute Gasteiger partial charge is 0.270 e. The van der Waals surface area contributed by atoms with Gasteiger partial charge >= 0.3 is 0 Å². The van der Waals surface area contributed by atoms with Crippen LogP contribution in [0.4, 0.5) is 17.1 Å². The Balaban J connectivity index is 1.99. The van der Waals surface area contributed by atoms with Crippen molar-refractivity contribution in [1.82, 2.24) is 0 Å². The minimum Gasteiger partial charge on any atom is -0.507 e. The second kappa shape index (κ2) is 9.02. The highest BCUT2D eigenvalue weighted by Gasteiger charge is 2.23. The van der Waals surface area contributed by atoms with E-state index in [1.165, 1.54) is 36.4 Å². The summed E-state index contributed by atoms with van der Waals surface area (Å²) in [5, 5.41) is 25.7. The Morgan fingerprint density at radius 1 is 1.10 bits per heavy atom. The van der Waals surface area contributed by atoms with Crippen molar-refractivity contribution in [2.24, 2.45) is 5.10 Å². The predicted molar refractivity (Wildman–Crippen MR) is 119 cm³/mol. The summed E-state index contributed by atoms with van der Waals surface area (Å²) in [6.07, 6.45) is 0. The molecule has 0 spiro atoms. The molecule has 31 heavy (non-hydrogen) atoms. The molecule has 0 aliphatic heterocycles. The van der Waals surface area contributed by atoms with Crippen molar-refractivity contribution in [3.8, 4) is 5.75 Å². The first kappa shape index (κ1) is 22.1. The second-order valence-electron chi connectivity index (χ2n) is 6.38. The number of phenolic OH excluding ortho intramolecular Hbond substituents is 1. The Hall–Kier alpha value is -3.63. The molecule has 0 fully saturated rings. The first-order chi connectivity index (χ1) is 14.7. The summed E-state index contributed by atoms with van der Waals surface area (Å²) in [7, 11) is -4.21. The molecule has 0 heterocycles. The van der Waals surface area contributed by atoms with Gasteiger partial charge in [0.15, 0.2) is 0 Å². The maximum atomic E-state index is 13.0. The number of rotatable bonds is 7. The van der Waals surface area contributed by atoms with Crippen molar-refractivity contribution in [2.45, 2.75) is 11.8 Å². The molecule has 160 valence electrons. The van der Waals surface area contributed by atoms with E-state index >= 15 is 0 Å². The van der Waals surface area contributed by atoms with E-state index in [1.54, 1.807) is 25.1 Å². The van der Waals surface area contributed by atoms with Crippen LogP contribution in [-0.2, 0) is 10.0 Å². The van der Waals surface area contributed by atoms with E-state index < -0.39 is 20.6 Å². The van der Waals surface area contributed by atoms with Crippen LogP contribution in [-0.4, -0.2) is 24.2 Å². The molecule has 0 saturated carbocycles. The summed E-state index contributed by atoms with van der Waals surface area (Å²) in [5.41, 5.74) is 3.29. The van der Waals surface area contributed by atoms with Gasteiger partial charge in [-0.25, -0.2) is 8.42 Å². The molecular formula is C20H17ClN4O5S. The fourth-order valence-electron chi connectivity index (χ4n) is 2.65. The maximum Gasteiger partial charge on any atom is 0.270 e. The molecule has 0 atom stereocenters. The molecule has 0 aliphatic carbocycles. The van der Waals surface area contributed by atoms with Crippen molar-refractivity contribution in [2.75, 3.05) is 10.1 Å². The molecule has 0 bridgehead atoms. The Morgan fingerprint density at radius 3 is 2.42 bits per heavy atom. The van der Waals surface area contributed by atoms with Crippen molar-refractivity contribution >= 4 is 44.4 Å². The van der Waals surface area contributed by atoms with E-state index in [-0.39, 0.29) is 22.0 Å². The molecule has 3 aromatic rings. The van der Waals surface area contributed by atoms with Gasteiger partial charge in [0, 0.05) is 28.4 Å². The van der Waals surface area contributed by atoms with Crippen molar-refractivity contribution in [3.05, 3.63) is 87.4 Å². The lowest BCUT2D eigenvalue weighted by Crippen LogP contribution is -2.15. The highest BCUT2D eigenvalue weighted by Crippen LogP contribution is 2.29. The molecule has 3 aromatic carbocycles. The molecule has 0 amide bonds. The van der Waals surface area contributed by atoms with Crippen LogP contribution in [0.2, 0.25) is 5.02 Å². The minimum atomic E-state index is -4.21. The summed E-state index contributed by atoms with van der Waals surface area (Å²) in [5.74, 6) is 0.00602. The van der Waals surface area contributed by atoms with E-state index in [0.717, 1.165) is 12.1 Å². The molecule has 3 N–H and O–H groups in total. The zero-order valence-corrected chi connectivity index (χ0v) is 17.7. The largest absolute Gasteiger partial charge is 0.507 e. The molecular weight excluding hydrogens is 444 g/mol. The van der Waals surface area contributed by atoms with Crippen LogP contribution >= 0.6 is 11.6 Å². The lowest BCUT2D eigenvalue weighted by Gasteiger charge is -2.13. The van der Waals surface area contributed by atoms with Crippen LogP contribution in [0.1, 0.15) is 12.5 Å². The van der Waals surface area contributed by atoms with Gasteiger partial charge in [-0.1, -0.05) is 23.7 Å². The summed E-state index contributed by atoms with van der Waals surface area (Å²) in [6.45, 7) is 1.62. The summed E-state index contributed by atoms with van der Waals surface area (Å²) < 4.78 is 28.3.